The third kappa shape index (κ3) is 2.77. The fourth-order valence-corrected chi connectivity index (χ4v) is 6.07. The molecule has 5 aromatic carbocycles. The maximum atomic E-state index is 13.7. The molecule has 0 aliphatic heterocycles. The summed E-state index contributed by atoms with van der Waals surface area (Å²) in [4.78, 5) is 13.7. The number of halogens is 2. The molecule has 31 heavy (non-hydrogen) atoms. The zero-order valence-corrected chi connectivity index (χ0v) is 19.6. The number of alkyl halides is 2. The van der Waals surface area contributed by atoms with Gasteiger partial charge in [-0.25, -0.2) is 0 Å². The van der Waals surface area contributed by atoms with Gasteiger partial charge in [0.25, 0.3) is 0 Å². The van der Waals surface area contributed by atoms with Gasteiger partial charge in [0.1, 0.15) is 3.23 Å². The van der Waals surface area contributed by atoms with Crippen LogP contribution in [-0.4, -0.2) is 5.78 Å². The third-order valence-electron chi connectivity index (χ3n) is 6.18. The Kier molecular flexibility index (Phi) is 4.21. The second-order valence-electron chi connectivity index (χ2n) is 7.90. The molecule has 0 unspecified atom stereocenters. The van der Waals surface area contributed by atoms with E-state index in [4.69, 9.17) is 0 Å². The van der Waals surface area contributed by atoms with E-state index in [0.717, 1.165) is 38.8 Å². The molecular formula is C28H16Br2O. The maximum Gasteiger partial charge on any atom is 0.194 e. The summed E-state index contributed by atoms with van der Waals surface area (Å²) in [5.41, 5.74) is 5.38. The van der Waals surface area contributed by atoms with Crippen molar-refractivity contribution in [3.8, 4) is 11.1 Å². The molecule has 0 spiro atoms. The SMILES string of the molecule is O=C1c2ccccc2C(Br)(Br)c2cccc(-c3cccc4cc5ccccc5cc34)c21. The van der Waals surface area contributed by atoms with Crippen molar-refractivity contribution in [3.05, 3.63) is 119 Å². The Balaban J connectivity index is 1.68. The number of rotatable bonds is 1. The lowest BCUT2D eigenvalue weighted by Gasteiger charge is -2.32. The van der Waals surface area contributed by atoms with Crippen molar-refractivity contribution in [2.24, 2.45) is 0 Å². The molecule has 0 saturated heterocycles. The van der Waals surface area contributed by atoms with Crippen LogP contribution in [0.15, 0.2) is 97.1 Å². The number of ketones is 1. The van der Waals surface area contributed by atoms with Gasteiger partial charge in [-0.15, -0.1) is 0 Å². The number of benzene rings is 5. The molecule has 0 radical (unpaired) electrons. The molecule has 0 heterocycles. The van der Waals surface area contributed by atoms with Crippen LogP contribution in [0.5, 0.6) is 0 Å². The van der Waals surface area contributed by atoms with Crippen LogP contribution in [0.25, 0.3) is 32.7 Å². The third-order valence-corrected chi connectivity index (χ3v) is 7.89. The molecule has 0 saturated carbocycles. The molecule has 1 nitrogen and oxygen atoms in total. The Labute approximate surface area is 197 Å². The summed E-state index contributed by atoms with van der Waals surface area (Å²) >= 11 is 7.74. The number of hydrogen-bond acceptors (Lipinski definition) is 1. The number of fused-ring (bicyclic) bond motifs is 4. The van der Waals surface area contributed by atoms with Gasteiger partial charge in [-0.2, -0.15) is 0 Å². The van der Waals surface area contributed by atoms with E-state index in [2.05, 4.69) is 92.5 Å². The summed E-state index contributed by atoms with van der Waals surface area (Å²) in [7, 11) is 0. The predicted molar refractivity (Wildman–Crippen MR) is 135 cm³/mol. The van der Waals surface area contributed by atoms with E-state index >= 15 is 0 Å². The lowest BCUT2D eigenvalue weighted by Crippen LogP contribution is -2.26. The highest BCUT2D eigenvalue weighted by molar-refractivity contribution is 9.25. The van der Waals surface area contributed by atoms with Gasteiger partial charge in [0.05, 0.1) is 0 Å². The Morgan fingerprint density at radius 3 is 1.97 bits per heavy atom. The van der Waals surface area contributed by atoms with Crippen LogP contribution in [0.3, 0.4) is 0 Å². The minimum atomic E-state index is -0.604. The molecule has 0 bridgehead atoms. The highest BCUT2D eigenvalue weighted by atomic mass is 79.9. The molecule has 0 aromatic heterocycles. The van der Waals surface area contributed by atoms with E-state index < -0.39 is 3.23 Å². The van der Waals surface area contributed by atoms with Gasteiger partial charge in [-0.05, 0) is 55.9 Å². The quantitative estimate of drug-likeness (QED) is 0.158. The second-order valence-corrected chi connectivity index (χ2v) is 11.3. The number of carbonyl (C=O) groups excluding carboxylic acids is 1. The first-order chi connectivity index (χ1) is 15.1. The topological polar surface area (TPSA) is 17.1 Å². The average Bonchev–Trinajstić information content (AvgIpc) is 2.80. The lowest BCUT2D eigenvalue weighted by molar-refractivity contribution is 0.103. The first-order valence-electron chi connectivity index (χ1n) is 10.1. The second kappa shape index (κ2) is 6.88. The van der Waals surface area contributed by atoms with Crippen LogP contribution in [0, 0.1) is 0 Å². The fraction of sp³-hybridized carbons (Fsp3) is 0.0357. The van der Waals surface area contributed by atoms with Crippen LogP contribution >= 0.6 is 31.9 Å². The molecular weight excluding hydrogens is 512 g/mol. The smallest absolute Gasteiger partial charge is 0.194 e. The molecule has 3 heteroatoms. The fourth-order valence-electron chi connectivity index (χ4n) is 4.72. The Bertz CT molecular complexity index is 1530. The minimum Gasteiger partial charge on any atom is -0.289 e. The van der Waals surface area contributed by atoms with Crippen LogP contribution in [0.2, 0.25) is 0 Å². The number of hydrogen-bond donors (Lipinski definition) is 0. The molecule has 148 valence electrons. The first-order valence-corrected chi connectivity index (χ1v) is 11.7. The van der Waals surface area contributed by atoms with Crippen LogP contribution in [0.1, 0.15) is 27.0 Å². The Morgan fingerprint density at radius 2 is 1.13 bits per heavy atom. The van der Waals surface area contributed by atoms with Crippen LogP contribution in [-0.2, 0) is 3.23 Å². The maximum absolute atomic E-state index is 13.7. The number of carbonyl (C=O) groups is 1. The van der Waals surface area contributed by atoms with Crippen LogP contribution < -0.4 is 0 Å². The van der Waals surface area contributed by atoms with Crippen molar-refractivity contribution in [2.45, 2.75) is 3.23 Å². The molecule has 1 aliphatic rings. The summed E-state index contributed by atoms with van der Waals surface area (Å²) in [6, 6.07) is 33.1. The summed E-state index contributed by atoms with van der Waals surface area (Å²) < 4.78 is -0.604. The molecule has 1 aliphatic carbocycles. The summed E-state index contributed by atoms with van der Waals surface area (Å²) in [6.07, 6.45) is 0. The van der Waals surface area contributed by atoms with E-state index in [0.29, 0.717) is 0 Å². The van der Waals surface area contributed by atoms with Crippen LogP contribution in [0.4, 0.5) is 0 Å². The molecule has 0 N–H and O–H groups in total. The zero-order valence-electron chi connectivity index (χ0n) is 16.4. The molecule has 0 amide bonds. The summed E-state index contributed by atoms with van der Waals surface area (Å²) in [5.74, 6) is 0.0634. The Hall–Kier alpha value is -2.75. The Morgan fingerprint density at radius 1 is 0.548 bits per heavy atom. The van der Waals surface area contributed by atoms with Crippen molar-refractivity contribution in [1.82, 2.24) is 0 Å². The van der Waals surface area contributed by atoms with Gasteiger partial charge in [0.15, 0.2) is 5.78 Å². The van der Waals surface area contributed by atoms with E-state index in [9.17, 15) is 4.79 Å². The van der Waals surface area contributed by atoms with Gasteiger partial charge >= 0.3 is 0 Å². The average molecular weight is 528 g/mol. The summed E-state index contributed by atoms with van der Waals surface area (Å²) in [6.45, 7) is 0. The highest BCUT2D eigenvalue weighted by Gasteiger charge is 2.41. The van der Waals surface area contributed by atoms with Gasteiger partial charge < -0.3 is 0 Å². The van der Waals surface area contributed by atoms with E-state index in [1.807, 2.05) is 36.4 Å². The monoisotopic (exact) mass is 526 g/mol. The van der Waals surface area contributed by atoms with Gasteiger partial charge in [0, 0.05) is 11.1 Å². The van der Waals surface area contributed by atoms with Gasteiger partial charge in [-0.1, -0.05) is 117 Å². The van der Waals surface area contributed by atoms with Gasteiger partial charge in [0.2, 0.25) is 0 Å². The van der Waals surface area contributed by atoms with Crippen molar-refractivity contribution in [2.75, 3.05) is 0 Å². The first kappa shape index (κ1) is 19.0. The highest BCUT2D eigenvalue weighted by Crippen LogP contribution is 2.52. The molecule has 6 rings (SSSR count). The molecule has 0 fully saturated rings. The predicted octanol–water partition coefficient (Wildman–Crippen LogP) is 8.20. The van der Waals surface area contributed by atoms with E-state index in [1.165, 1.54) is 16.2 Å². The van der Waals surface area contributed by atoms with E-state index in [1.54, 1.807) is 0 Å². The van der Waals surface area contributed by atoms with Crippen molar-refractivity contribution >= 4 is 59.2 Å². The minimum absolute atomic E-state index is 0.0634. The zero-order chi connectivity index (χ0) is 21.2. The normalized spacial score (nSPS) is 14.5. The summed E-state index contributed by atoms with van der Waals surface area (Å²) in [5, 5.41) is 4.73. The van der Waals surface area contributed by atoms with Crippen molar-refractivity contribution < 1.29 is 4.79 Å². The van der Waals surface area contributed by atoms with Gasteiger partial charge in [-0.3, -0.25) is 4.79 Å². The van der Waals surface area contributed by atoms with Crippen molar-refractivity contribution in [1.29, 1.82) is 0 Å². The largest absolute Gasteiger partial charge is 0.289 e. The lowest BCUT2D eigenvalue weighted by atomic mass is 9.80. The van der Waals surface area contributed by atoms with E-state index in [-0.39, 0.29) is 5.78 Å². The standard InChI is InChI=1S/C28H16Br2O/c29-28(30)24-13-4-3-10-22(24)27(31)26-21(12-6-14-25(26)28)20-11-5-9-19-15-17-7-1-2-8-18(17)16-23(19)20/h1-16H. The molecule has 5 aromatic rings. The molecule has 0 atom stereocenters. The van der Waals surface area contributed by atoms with Crippen molar-refractivity contribution in [3.63, 3.8) is 0 Å².